The highest BCUT2D eigenvalue weighted by atomic mass is 16.7. The molecule has 0 aliphatic carbocycles. The second-order valence-corrected chi connectivity index (χ2v) is 1.03. The number of hydrazine groups is 1. The minimum Gasteiger partial charge on any atom is -0.393 e. The number of carbonyl (C=O) groups is 1. The Balaban J connectivity index is 3.49. The van der Waals surface area contributed by atoms with E-state index in [9.17, 15) is 4.79 Å². The van der Waals surface area contributed by atoms with Crippen LogP contribution in [0.5, 0.6) is 0 Å². The summed E-state index contributed by atoms with van der Waals surface area (Å²) in [5, 5.41) is 0. The van der Waals surface area contributed by atoms with Crippen LogP contribution in [-0.4, -0.2) is 5.97 Å². The van der Waals surface area contributed by atoms with E-state index in [0.717, 1.165) is 0 Å². The average molecular weight is 117 g/mol. The first-order valence-electron chi connectivity index (χ1n) is 1.79. The molecule has 0 rings (SSSR count). The Hall–Kier alpha value is -1.07. The molecule has 5 heteroatoms. The Morgan fingerprint density at radius 1 is 1.75 bits per heavy atom. The van der Waals surface area contributed by atoms with Crippen molar-refractivity contribution in [3.8, 4) is 0 Å². The van der Waals surface area contributed by atoms with E-state index in [0.29, 0.717) is 0 Å². The Labute approximate surface area is 46.2 Å². The van der Waals surface area contributed by atoms with E-state index in [4.69, 9.17) is 5.73 Å². The van der Waals surface area contributed by atoms with E-state index in [2.05, 4.69) is 17.3 Å². The normalized spacial score (nSPS) is 8.12. The molecule has 0 unspecified atom stereocenters. The van der Waals surface area contributed by atoms with Gasteiger partial charge in [-0.05, 0) is 0 Å². The van der Waals surface area contributed by atoms with E-state index in [-0.39, 0.29) is 5.70 Å². The van der Waals surface area contributed by atoms with Gasteiger partial charge in [-0.3, -0.25) is 0 Å². The molecule has 0 bridgehead atoms. The van der Waals surface area contributed by atoms with Crippen LogP contribution in [0.1, 0.15) is 0 Å². The fourth-order valence-electron chi connectivity index (χ4n) is 0.119. The smallest absolute Gasteiger partial charge is 0.373 e. The van der Waals surface area contributed by atoms with Gasteiger partial charge in [0.05, 0.1) is 0 Å². The van der Waals surface area contributed by atoms with E-state index in [1.165, 1.54) is 0 Å². The topological polar surface area (TPSA) is 90.4 Å². The summed E-state index contributed by atoms with van der Waals surface area (Å²) < 4.78 is 0. The lowest BCUT2D eigenvalue weighted by Gasteiger charge is -1.96. The van der Waals surface area contributed by atoms with Gasteiger partial charge in [0.2, 0.25) is 0 Å². The zero-order valence-electron chi connectivity index (χ0n) is 4.18. The predicted molar refractivity (Wildman–Crippen MR) is 26.7 cm³/mol. The van der Waals surface area contributed by atoms with E-state index >= 15 is 0 Å². The monoisotopic (exact) mass is 117 g/mol. The first kappa shape index (κ1) is 6.93. The standard InChI is InChI=1S/C3H7N3O2/c1-2(4)3(7)8-6-5/h6H,1,4-5H2. The van der Waals surface area contributed by atoms with Crippen LogP contribution < -0.4 is 17.2 Å². The fourth-order valence-corrected chi connectivity index (χ4v) is 0.119. The van der Waals surface area contributed by atoms with E-state index < -0.39 is 5.97 Å². The van der Waals surface area contributed by atoms with Crippen LogP contribution in [0.3, 0.4) is 0 Å². The van der Waals surface area contributed by atoms with Gasteiger partial charge in [-0.25, -0.2) is 10.6 Å². The Kier molecular flexibility index (Phi) is 2.60. The SMILES string of the molecule is C=C(N)C(=O)ONN. The highest BCUT2D eigenvalue weighted by Gasteiger charge is 2.00. The van der Waals surface area contributed by atoms with Gasteiger partial charge >= 0.3 is 5.97 Å². The molecule has 0 aromatic heterocycles. The molecule has 46 valence electrons. The zero-order valence-corrected chi connectivity index (χ0v) is 4.18. The highest BCUT2D eigenvalue weighted by molar-refractivity contribution is 5.86. The summed E-state index contributed by atoms with van der Waals surface area (Å²) >= 11 is 0. The molecule has 0 amide bonds. The fraction of sp³-hybridized carbons (Fsp3) is 0. The van der Waals surface area contributed by atoms with Crippen molar-refractivity contribution in [3.63, 3.8) is 0 Å². The molecule has 0 spiro atoms. The largest absolute Gasteiger partial charge is 0.393 e. The first-order chi connectivity index (χ1) is 3.68. The molecule has 8 heavy (non-hydrogen) atoms. The molecular formula is C3H7N3O2. The number of hydrogen-bond acceptors (Lipinski definition) is 5. The van der Waals surface area contributed by atoms with Crippen molar-refractivity contribution in [3.05, 3.63) is 12.3 Å². The average Bonchev–Trinajstić information content (AvgIpc) is 1.67. The molecule has 0 heterocycles. The van der Waals surface area contributed by atoms with Gasteiger partial charge < -0.3 is 10.6 Å². The van der Waals surface area contributed by atoms with Crippen molar-refractivity contribution in [2.45, 2.75) is 0 Å². The molecule has 0 radical (unpaired) electrons. The lowest BCUT2D eigenvalue weighted by atomic mass is 10.5. The lowest BCUT2D eigenvalue weighted by molar-refractivity contribution is -0.146. The van der Waals surface area contributed by atoms with Crippen LogP contribution in [0.15, 0.2) is 12.3 Å². The van der Waals surface area contributed by atoms with E-state index in [1.807, 2.05) is 0 Å². The van der Waals surface area contributed by atoms with Crippen LogP contribution >= 0.6 is 0 Å². The minimum absolute atomic E-state index is 0.192. The molecule has 0 aliphatic rings. The Bertz CT molecular complexity index is 111. The van der Waals surface area contributed by atoms with Crippen molar-refractivity contribution in [1.29, 1.82) is 0 Å². The van der Waals surface area contributed by atoms with Gasteiger partial charge in [-0.15, -0.1) is 0 Å². The third-order valence-corrected chi connectivity index (χ3v) is 0.414. The predicted octanol–water partition coefficient (Wildman–Crippen LogP) is -1.62. The summed E-state index contributed by atoms with van der Waals surface area (Å²) in [6.45, 7) is 3.08. The molecule has 0 aromatic rings. The maximum absolute atomic E-state index is 10.2. The second-order valence-electron chi connectivity index (χ2n) is 1.03. The van der Waals surface area contributed by atoms with Gasteiger partial charge in [0.25, 0.3) is 0 Å². The van der Waals surface area contributed by atoms with Crippen LogP contribution in [-0.2, 0) is 9.63 Å². The third-order valence-electron chi connectivity index (χ3n) is 0.414. The lowest BCUT2D eigenvalue weighted by Crippen LogP contribution is -2.28. The van der Waals surface area contributed by atoms with Gasteiger partial charge in [-0.2, -0.15) is 0 Å². The van der Waals surface area contributed by atoms with Crippen molar-refractivity contribution >= 4 is 5.97 Å². The van der Waals surface area contributed by atoms with Crippen LogP contribution in [0.2, 0.25) is 0 Å². The Morgan fingerprint density at radius 3 is 2.38 bits per heavy atom. The summed E-state index contributed by atoms with van der Waals surface area (Å²) in [5.41, 5.74) is 6.32. The first-order valence-corrected chi connectivity index (χ1v) is 1.79. The van der Waals surface area contributed by atoms with Gasteiger partial charge in [-0.1, -0.05) is 12.2 Å². The molecule has 0 atom stereocenters. The maximum Gasteiger partial charge on any atom is 0.373 e. The number of nitrogens with two attached hydrogens (primary N) is 2. The molecule has 5 N–H and O–H groups in total. The molecule has 0 aromatic carbocycles. The summed E-state index contributed by atoms with van der Waals surface area (Å²) in [6.07, 6.45) is 0. The number of carbonyl (C=O) groups excluding carboxylic acids is 1. The molecule has 0 saturated heterocycles. The quantitative estimate of drug-likeness (QED) is 0.230. The maximum atomic E-state index is 10.2. The van der Waals surface area contributed by atoms with Crippen molar-refractivity contribution in [2.75, 3.05) is 0 Å². The summed E-state index contributed by atoms with van der Waals surface area (Å²) in [7, 11) is 0. The minimum atomic E-state index is -0.771. The van der Waals surface area contributed by atoms with Crippen LogP contribution in [0.25, 0.3) is 0 Å². The summed E-state index contributed by atoms with van der Waals surface area (Å²) in [4.78, 5) is 14.1. The van der Waals surface area contributed by atoms with Gasteiger partial charge in [0, 0.05) is 0 Å². The number of hydrogen-bond donors (Lipinski definition) is 3. The van der Waals surface area contributed by atoms with Crippen molar-refractivity contribution < 1.29 is 9.63 Å². The van der Waals surface area contributed by atoms with Crippen LogP contribution in [0.4, 0.5) is 0 Å². The van der Waals surface area contributed by atoms with Crippen molar-refractivity contribution in [1.82, 2.24) is 5.59 Å². The van der Waals surface area contributed by atoms with Gasteiger partial charge in [0.15, 0.2) is 0 Å². The van der Waals surface area contributed by atoms with E-state index in [1.54, 1.807) is 5.59 Å². The van der Waals surface area contributed by atoms with Crippen LogP contribution in [0, 0.1) is 0 Å². The molecular weight excluding hydrogens is 110 g/mol. The molecule has 5 nitrogen and oxygen atoms in total. The summed E-state index contributed by atoms with van der Waals surface area (Å²) in [6, 6.07) is 0. The Morgan fingerprint density at radius 2 is 2.25 bits per heavy atom. The third kappa shape index (κ3) is 2.17. The zero-order chi connectivity index (χ0) is 6.57. The molecule has 0 saturated carbocycles. The number of nitrogens with one attached hydrogen (secondary N) is 1. The second kappa shape index (κ2) is 3.00. The molecule has 0 aliphatic heterocycles. The highest BCUT2D eigenvalue weighted by Crippen LogP contribution is 1.77. The summed E-state index contributed by atoms with van der Waals surface area (Å²) in [5.74, 6) is 3.81. The molecule has 0 fully saturated rings. The number of rotatable bonds is 2. The van der Waals surface area contributed by atoms with Gasteiger partial charge in [0.1, 0.15) is 5.70 Å². The van der Waals surface area contributed by atoms with Crippen molar-refractivity contribution in [2.24, 2.45) is 11.6 Å².